The molecule has 0 aromatic heterocycles. The van der Waals surface area contributed by atoms with Crippen LogP contribution in [0.3, 0.4) is 0 Å². The molecule has 1 heterocycles. The van der Waals surface area contributed by atoms with Crippen molar-refractivity contribution in [2.45, 2.75) is 25.2 Å². The first-order valence-corrected chi connectivity index (χ1v) is 15.6. The van der Waals surface area contributed by atoms with Gasteiger partial charge >= 0.3 is 0 Å². The molecule has 6 nitrogen and oxygen atoms in total. The molecule has 204 valence electrons. The Labute approximate surface area is 242 Å². The summed E-state index contributed by atoms with van der Waals surface area (Å²) in [5.74, 6) is 0.614. The molecular weight excluding hydrogens is 524 g/mol. The number of nitrogens with one attached hydrogen (secondary N) is 1. The van der Waals surface area contributed by atoms with Gasteiger partial charge in [0.2, 0.25) is 0 Å². The van der Waals surface area contributed by atoms with E-state index in [1.165, 1.54) is 10.8 Å². The largest absolute Gasteiger partial charge is 0.384 e. The normalized spacial score (nSPS) is 18.9. The van der Waals surface area contributed by atoms with Gasteiger partial charge in [0.25, 0.3) is 0 Å². The van der Waals surface area contributed by atoms with Crippen molar-refractivity contribution in [3.05, 3.63) is 115 Å². The van der Waals surface area contributed by atoms with Crippen LogP contribution in [0, 0.1) is 5.92 Å². The Morgan fingerprint density at radius 2 is 1.44 bits per heavy atom. The summed E-state index contributed by atoms with van der Waals surface area (Å²) in [6.07, 6.45) is 2.96. The smallest absolute Gasteiger partial charge is 0.0936 e. The second-order valence-corrected chi connectivity index (χ2v) is 12.6. The summed E-state index contributed by atoms with van der Waals surface area (Å²) in [6, 6.07) is 34.8. The third-order valence-electron chi connectivity index (χ3n) is 7.33. The van der Waals surface area contributed by atoms with Crippen LogP contribution in [0.1, 0.15) is 20.3 Å². The van der Waals surface area contributed by atoms with Crippen molar-refractivity contribution in [1.29, 1.82) is 0 Å². The topological polar surface area (TPSA) is 73.8 Å². The maximum atomic E-state index is 4.85. The summed E-state index contributed by atoms with van der Waals surface area (Å²) < 4.78 is 4.85. The molecule has 0 bridgehead atoms. The van der Waals surface area contributed by atoms with E-state index in [-0.39, 0.29) is 0 Å². The van der Waals surface area contributed by atoms with E-state index in [0.29, 0.717) is 5.92 Å². The van der Waals surface area contributed by atoms with E-state index >= 15 is 0 Å². The first kappa shape index (κ1) is 26.6. The maximum absolute atomic E-state index is 4.85. The molecule has 1 N–H and O–H groups in total. The highest BCUT2D eigenvalue weighted by Gasteiger charge is 2.26. The first-order chi connectivity index (χ1) is 20.1. The number of aliphatic imine (C=N–C) groups is 1. The number of benzene rings is 5. The van der Waals surface area contributed by atoms with Crippen LogP contribution in [0.2, 0.25) is 0 Å². The molecule has 0 saturated carbocycles. The third kappa shape index (κ3) is 5.67. The number of hydrogen-bond donors (Lipinski definition) is 1. The Morgan fingerprint density at radius 3 is 2.20 bits per heavy atom. The molecule has 5 aromatic carbocycles. The molecule has 0 aliphatic carbocycles. The van der Waals surface area contributed by atoms with Crippen molar-refractivity contribution in [3.63, 3.8) is 0 Å². The van der Waals surface area contributed by atoms with E-state index < -0.39 is 10.2 Å². The zero-order valence-electron chi connectivity index (χ0n) is 23.2. The summed E-state index contributed by atoms with van der Waals surface area (Å²) in [5, 5.41) is 24.0. The van der Waals surface area contributed by atoms with Gasteiger partial charge in [-0.2, -0.15) is 5.11 Å². The Balaban J connectivity index is 1.22. The SMILES string of the molecule is CCC(C)CNc1ccc(N=Nc2ccc(N=NS3(c4cccc5ccccc45)C=CN=C3)cc2)c2ccccc12. The van der Waals surface area contributed by atoms with E-state index in [4.69, 9.17) is 4.52 Å². The lowest BCUT2D eigenvalue weighted by atomic mass is 10.1. The molecular formula is C34H32N6S. The van der Waals surface area contributed by atoms with Gasteiger partial charge in [0.05, 0.1) is 22.6 Å². The number of azo groups is 1. The monoisotopic (exact) mass is 556 g/mol. The van der Waals surface area contributed by atoms with Gasteiger partial charge in [0, 0.05) is 39.5 Å². The molecule has 1 aliphatic heterocycles. The maximum Gasteiger partial charge on any atom is 0.0936 e. The highest BCUT2D eigenvalue weighted by Crippen LogP contribution is 2.61. The highest BCUT2D eigenvalue weighted by atomic mass is 32.3. The summed E-state index contributed by atoms with van der Waals surface area (Å²) in [7, 11) is -1.82. The number of rotatable bonds is 9. The minimum absolute atomic E-state index is 0.614. The lowest BCUT2D eigenvalue weighted by Crippen LogP contribution is -2.10. The van der Waals surface area contributed by atoms with Crippen LogP contribution in [0.4, 0.5) is 22.7 Å². The summed E-state index contributed by atoms with van der Waals surface area (Å²) in [5.41, 5.74) is 5.40. The van der Waals surface area contributed by atoms with Gasteiger partial charge in [-0.25, -0.2) is 0 Å². The van der Waals surface area contributed by atoms with Crippen molar-refractivity contribution in [2.75, 3.05) is 11.9 Å². The van der Waals surface area contributed by atoms with Gasteiger partial charge in [-0.15, -0.1) is 14.7 Å². The van der Waals surface area contributed by atoms with Crippen LogP contribution in [0.25, 0.3) is 21.5 Å². The molecule has 6 rings (SSSR count). The molecule has 0 saturated heterocycles. The van der Waals surface area contributed by atoms with Crippen molar-refractivity contribution >= 4 is 60.1 Å². The summed E-state index contributed by atoms with van der Waals surface area (Å²) in [4.78, 5) is 5.53. The van der Waals surface area contributed by atoms with Gasteiger partial charge in [0.15, 0.2) is 0 Å². The van der Waals surface area contributed by atoms with E-state index in [2.05, 4.69) is 112 Å². The fourth-order valence-corrected chi connectivity index (χ4v) is 6.85. The lowest BCUT2D eigenvalue weighted by Gasteiger charge is -2.25. The quantitative estimate of drug-likeness (QED) is 0.180. The van der Waals surface area contributed by atoms with Gasteiger partial charge in [-0.1, -0.05) is 80.9 Å². The molecule has 0 fully saturated rings. The highest BCUT2D eigenvalue weighted by molar-refractivity contribution is 8.45. The second-order valence-electron chi connectivity index (χ2n) is 10.2. The van der Waals surface area contributed by atoms with Crippen LogP contribution in [0.5, 0.6) is 0 Å². The van der Waals surface area contributed by atoms with Gasteiger partial charge in [-0.05, 0) is 69.4 Å². The zero-order chi connectivity index (χ0) is 28.1. The minimum atomic E-state index is -1.82. The molecule has 2 unspecified atom stereocenters. The summed E-state index contributed by atoms with van der Waals surface area (Å²) >= 11 is 0. The van der Waals surface area contributed by atoms with Crippen molar-refractivity contribution in [2.24, 2.45) is 30.8 Å². The van der Waals surface area contributed by atoms with Gasteiger partial charge in [0.1, 0.15) is 0 Å². The lowest BCUT2D eigenvalue weighted by molar-refractivity contribution is 0.594. The Bertz CT molecular complexity index is 1790. The molecule has 7 heteroatoms. The molecule has 5 aromatic rings. The average Bonchev–Trinajstić information content (AvgIpc) is 3.52. The fourth-order valence-electron chi connectivity index (χ4n) is 4.76. The zero-order valence-corrected chi connectivity index (χ0v) is 24.0. The molecule has 41 heavy (non-hydrogen) atoms. The Hall–Kier alpha value is -4.62. The molecule has 0 spiro atoms. The van der Waals surface area contributed by atoms with Crippen molar-refractivity contribution in [1.82, 2.24) is 0 Å². The van der Waals surface area contributed by atoms with E-state index in [1.807, 2.05) is 48.1 Å². The standard InChI is InChI=1S/C34H32N6S/c1-3-25(2)23-36-32-19-20-33(31-13-7-6-12-30(31)32)39-37-27-15-17-28(18-16-27)38-40-41(22-21-35-24-41)34-14-8-10-26-9-4-5-11-29(26)34/h4-22,24-25,36H,3,23H2,1-2H3. The number of anilines is 1. The fraction of sp³-hybridized carbons (Fsp3) is 0.147. The van der Waals surface area contributed by atoms with Crippen LogP contribution in [-0.2, 0) is 0 Å². The van der Waals surface area contributed by atoms with Crippen molar-refractivity contribution in [3.8, 4) is 0 Å². The van der Waals surface area contributed by atoms with Gasteiger partial charge in [-0.3, -0.25) is 4.99 Å². The van der Waals surface area contributed by atoms with Crippen LogP contribution >= 0.6 is 10.2 Å². The average molecular weight is 557 g/mol. The molecule has 2 atom stereocenters. The van der Waals surface area contributed by atoms with Crippen LogP contribution in [0.15, 0.2) is 144 Å². The minimum Gasteiger partial charge on any atom is -0.384 e. The second kappa shape index (κ2) is 11.9. The van der Waals surface area contributed by atoms with E-state index in [9.17, 15) is 0 Å². The molecule has 0 amide bonds. The van der Waals surface area contributed by atoms with Crippen molar-refractivity contribution < 1.29 is 0 Å². The van der Waals surface area contributed by atoms with Gasteiger partial charge < -0.3 is 5.32 Å². The third-order valence-corrected chi connectivity index (χ3v) is 9.72. The Kier molecular flexibility index (Phi) is 7.69. The molecule has 0 radical (unpaired) electrons. The van der Waals surface area contributed by atoms with Crippen LogP contribution in [-0.4, -0.2) is 12.1 Å². The Morgan fingerprint density at radius 1 is 0.732 bits per heavy atom. The number of fused-ring (bicyclic) bond motifs is 2. The molecule has 1 aliphatic rings. The van der Waals surface area contributed by atoms with Crippen LogP contribution < -0.4 is 5.32 Å². The number of hydrogen-bond acceptors (Lipinski definition) is 6. The van der Waals surface area contributed by atoms with E-state index in [0.717, 1.165) is 51.4 Å². The summed E-state index contributed by atoms with van der Waals surface area (Å²) in [6.45, 7) is 5.42. The first-order valence-electron chi connectivity index (χ1n) is 13.9. The number of nitrogens with zero attached hydrogens (tertiary/aromatic N) is 5. The predicted molar refractivity (Wildman–Crippen MR) is 174 cm³/mol. The predicted octanol–water partition coefficient (Wildman–Crippen LogP) is 11.2. The van der Waals surface area contributed by atoms with E-state index in [1.54, 1.807) is 0 Å².